The van der Waals surface area contributed by atoms with Crippen LogP contribution in [-0.4, -0.2) is 46.9 Å². The molecule has 2 fully saturated rings. The van der Waals surface area contributed by atoms with Gasteiger partial charge in [0, 0.05) is 36.8 Å². The monoisotopic (exact) mass is 406 g/mol. The van der Waals surface area contributed by atoms with E-state index in [-0.39, 0.29) is 24.2 Å². The molecule has 1 aromatic heterocycles. The molecule has 156 valence electrons. The summed E-state index contributed by atoms with van der Waals surface area (Å²) in [5, 5.41) is 4.74. The van der Waals surface area contributed by atoms with Crippen LogP contribution in [0.3, 0.4) is 0 Å². The quantitative estimate of drug-likeness (QED) is 0.747. The van der Waals surface area contributed by atoms with Crippen LogP contribution in [-0.2, 0) is 9.59 Å². The van der Waals surface area contributed by atoms with Gasteiger partial charge in [-0.15, -0.1) is 0 Å². The van der Waals surface area contributed by atoms with Crippen molar-refractivity contribution < 1.29 is 14.4 Å². The molecular formula is C23H26N4O3. The number of hydrogen-bond donors (Lipinski definition) is 2. The Kier molecular flexibility index (Phi) is 5.79. The molecule has 0 spiro atoms. The Labute approximate surface area is 175 Å². The number of carbonyl (C=O) groups excluding carboxylic acids is 3. The fourth-order valence-electron chi connectivity index (χ4n) is 4.23. The molecule has 0 bridgehead atoms. The normalized spacial score (nSPS) is 21.3. The molecule has 7 heteroatoms. The summed E-state index contributed by atoms with van der Waals surface area (Å²) in [4.78, 5) is 42.3. The zero-order chi connectivity index (χ0) is 21.1. The fraction of sp³-hybridized carbons (Fsp3) is 0.391. The molecule has 2 aliphatic heterocycles. The van der Waals surface area contributed by atoms with Crippen molar-refractivity contribution in [3.05, 3.63) is 53.9 Å². The summed E-state index contributed by atoms with van der Waals surface area (Å²) < 4.78 is 0. The van der Waals surface area contributed by atoms with Gasteiger partial charge < -0.3 is 10.2 Å². The van der Waals surface area contributed by atoms with E-state index in [1.54, 1.807) is 0 Å². The number of nitrogens with zero attached hydrogens (tertiary/aromatic N) is 2. The Morgan fingerprint density at radius 3 is 2.70 bits per heavy atom. The maximum atomic E-state index is 12.7. The van der Waals surface area contributed by atoms with E-state index in [2.05, 4.69) is 34.9 Å². The number of pyridine rings is 1. The SMILES string of the molecule is Cc1cc(-c2ccccc2)cc([C@@H]2CCCN(C(=O)CC[C@H]3NC(=O)NC3=O)C2)n1. The van der Waals surface area contributed by atoms with Crippen molar-refractivity contribution in [2.45, 2.75) is 44.6 Å². The van der Waals surface area contributed by atoms with Gasteiger partial charge in [-0.2, -0.15) is 0 Å². The van der Waals surface area contributed by atoms with Crippen molar-refractivity contribution in [1.82, 2.24) is 20.5 Å². The number of imide groups is 1. The van der Waals surface area contributed by atoms with Gasteiger partial charge in [-0.05, 0) is 49.4 Å². The molecule has 1 aromatic carbocycles. The number of hydrogen-bond acceptors (Lipinski definition) is 4. The van der Waals surface area contributed by atoms with E-state index in [1.807, 2.05) is 30.0 Å². The van der Waals surface area contributed by atoms with Gasteiger partial charge in [-0.3, -0.25) is 19.9 Å². The summed E-state index contributed by atoms with van der Waals surface area (Å²) in [6, 6.07) is 13.4. The average Bonchev–Trinajstić information content (AvgIpc) is 3.09. The number of likely N-dealkylation sites (tertiary alicyclic amines) is 1. The number of aryl methyl sites for hydroxylation is 1. The number of nitrogens with one attached hydrogen (secondary N) is 2. The molecule has 30 heavy (non-hydrogen) atoms. The average molecular weight is 406 g/mol. The second-order valence-corrected chi connectivity index (χ2v) is 8.02. The smallest absolute Gasteiger partial charge is 0.322 e. The van der Waals surface area contributed by atoms with Crippen LogP contribution in [0.5, 0.6) is 0 Å². The van der Waals surface area contributed by atoms with E-state index < -0.39 is 12.1 Å². The highest BCUT2D eigenvalue weighted by atomic mass is 16.2. The van der Waals surface area contributed by atoms with Crippen molar-refractivity contribution in [3.8, 4) is 11.1 Å². The van der Waals surface area contributed by atoms with Crippen molar-refractivity contribution in [2.75, 3.05) is 13.1 Å². The summed E-state index contributed by atoms with van der Waals surface area (Å²) in [6.07, 6.45) is 2.48. The van der Waals surface area contributed by atoms with Crippen molar-refractivity contribution in [1.29, 1.82) is 0 Å². The third-order valence-corrected chi connectivity index (χ3v) is 5.78. The van der Waals surface area contributed by atoms with E-state index in [9.17, 15) is 14.4 Å². The molecule has 2 N–H and O–H groups in total. The van der Waals surface area contributed by atoms with E-state index in [0.29, 0.717) is 13.0 Å². The molecule has 2 aliphatic rings. The molecule has 2 saturated heterocycles. The first-order valence-electron chi connectivity index (χ1n) is 10.4. The van der Waals surface area contributed by atoms with Gasteiger partial charge in [0.05, 0.1) is 0 Å². The van der Waals surface area contributed by atoms with Gasteiger partial charge in [0.25, 0.3) is 5.91 Å². The van der Waals surface area contributed by atoms with Crippen molar-refractivity contribution >= 4 is 17.8 Å². The van der Waals surface area contributed by atoms with Crippen molar-refractivity contribution in [2.24, 2.45) is 0 Å². The van der Waals surface area contributed by atoms with Crippen LogP contribution in [0.2, 0.25) is 0 Å². The molecule has 0 radical (unpaired) electrons. The number of amides is 4. The molecule has 4 amide bonds. The minimum atomic E-state index is -0.617. The van der Waals surface area contributed by atoms with Crippen LogP contribution in [0.1, 0.15) is 43.0 Å². The highest BCUT2D eigenvalue weighted by Crippen LogP contribution is 2.30. The lowest BCUT2D eigenvalue weighted by Crippen LogP contribution is -2.40. The van der Waals surface area contributed by atoms with Gasteiger partial charge >= 0.3 is 6.03 Å². The molecule has 2 atom stereocenters. The molecule has 0 unspecified atom stereocenters. The topological polar surface area (TPSA) is 91.4 Å². The first-order chi connectivity index (χ1) is 14.5. The number of benzene rings is 1. The lowest BCUT2D eigenvalue weighted by atomic mass is 9.92. The van der Waals surface area contributed by atoms with Gasteiger partial charge in [0.1, 0.15) is 6.04 Å². The summed E-state index contributed by atoms with van der Waals surface area (Å²) in [7, 11) is 0. The number of piperidine rings is 1. The molecular weight excluding hydrogens is 380 g/mol. The van der Waals surface area contributed by atoms with Crippen molar-refractivity contribution in [3.63, 3.8) is 0 Å². The number of aromatic nitrogens is 1. The Bertz CT molecular complexity index is 960. The molecule has 4 rings (SSSR count). The van der Waals surface area contributed by atoms with E-state index in [0.717, 1.165) is 41.9 Å². The van der Waals surface area contributed by atoms with E-state index in [1.165, 1.54) is 0 Å². The van der Waals surface area contributed by atoms with Crippen LogP contribution < -0.4 is 10.6 Å². The zero-order valence-electron chi connectivity index (χ0n) is 17.1. The maximum Gasteiger partial charge on any atom is 0.322 e. The van der Waals surface area contributed by atoms with Gasteiger partial charge in [-0.1, -0.05) is 30.3 Å². The van der Waals surface area contributed by atoms with Gasteiger partial charge in [-0.25, -0.2) is 4.79 Å². The molecule has 2 aromatic rings. The van der Waals surface area contributed by atoms with E-state index in [4.69, 9.17) is 4.98 Å². The molecule has 3 heterocycles. The lowest BCUT2D eigenvalue weighted by Gasteiger charge is -2.33. The summed E-state index contributed by atoms with van der Waals surface area (Å²) in [6.45, 7) is 3.35. The van der Waals surface area contributed by atoms with Crippen LogP contribution in [0.15, 0.2) is 42.5 Å². The largest absolute Gasteiger partial charge is 0.342 e. The second kappa shape index (κ2) is 8.65. The first-order valence-corrected chi connectivity index (χ1v) is 10.4. The van der Waals surface area contributed by atoms with Crippen LogP contribution in [0.4, 0.5) is 4.79 Å². The van der Waals surface area contributed by atoms with Gasteiger partial charge in [0.2, 0.25) is 5.91 Å². The zero-order valence-corrected chi connectivity index (χ0v) is 17.1. The number of carbonyl (C=O) groups is 3. The molecule has 7 nitrogen and oxygen atoms in total. The third-order valence-electron chi connectivity index (χ3n) is 5.78. The Balaban J connectivity index is 1.42. The standard InChI is InChI=1S/C23H26N4O3/c1-15-12-18(16-6-3-2-4-7-16)13-20(24-15)17-8-5-11-27(14-17)21(28)10-9-19-22(29)26-23(30)25-19/h2-4,6-7,12-13,17,19H,5,8-11,14H2,1H3,(H2,25,26,29,30)/t17-,19-/m1/s1. The highest BCUT2D eigenvalue weighted by Gasteiger charge is 2.31. The summed E-state index contributed by atoms with van der Waals surface area (Å²) in [5.74, 6) is -0.147. The fourth-order valence-corrected chi connectivity index (χ4v) is 4.23. The predicted molar refractivity (Wildman–Crippen MR) is 113 cm³/mol. The van der Waals surface area contributed by atoms with E-state index >= 15 is 0 Å². The summed E-state index contributed by atoms with van der Waals surface area (Å²) >= 11 is 0. The molecule has 0 aliphatic carbocycles. The second-order valence-electron chi connectivity index (χ2n) is 8.02. The number of rotatable bonds is 5. The Morgan fingerprint density at radius 2 is 1.97 bits per heavy atom. The third kappa shape index (κ3) is 4.50. The Hall–Kier alpha value is -3.22. The maximum absolute atomic E-state index is 12.7. The van der Waals surface area contributed by atoms with Crippen LogP contribution in [0, 0.1) is 6.92 Å². The highest BCUT2D eigenvalue weighted by molar-refractivity contribution is 6.04. The minimum absolute atomic E-state index is 0.0181. The number of urea groups is 1. The summed E-state index contributed by atoms with van der Waals surface area (Å²) in [5.41, 5.74) is 4.29. The Morgan fingerprint density at radius 1 is 1.17 bits per heavy atom. The van der Waals surface area contributed by atoms with Gasteiger partial charge in [0.15, 0.2) is 0 Å². The minimum Gasteiger partial charge on any atom is -0.342 e. The molecule has 0 saturated carbocycles. The lowest BCUT2D eigenvalue weighted by molar-refractivity contribution is -0.132. The van der Waals surface area contributed by atoms with Crippen LogP contribution in [0.25, 0.3) is 11.1 Å². The first kappa shape index (κ1) is 20.1. The predicted octanol–water partition coefficient (Wildman–Crippen LogP) is 2.75. The van der Waals surface area contributed by atoms with Crippen LogP contribution >= 0.6 is 0 Å².